The number of halogens is 1. The second-order valence-electron chi connectivity index (χ2n) is 8.55. The van der Waals surface area contributed by atoms with E-state index < -0.39 is 10.0 Å². The van der Waals surface area contributed by atoms with Crippen molar-refractivity contribution in [3.05, 3.63) is 59.4 Å². The van der Waals surface area contributed by atoms with E-state index in [2.05, 4.69) is 42.4 Å². The number of para-hydroxylation sites is 1. The monoisotopic (exact) mass is 516 g/mol. The maximum atomic E-state index is 12.7. The van der Waals surface area contributed by atoms with E-state index >= 15 is 0 Å². The lowest BCUT2D eigenvalue weighted by molar-refractivity contribution is 0.148. The molecular weight excluding hydrogens is 488 g/mol. The number of nitrogens with zero attached hydrogens (tertiary/aromatic N) is 6. The van der Waals surface area contributed by atoms with E-state index in [4.69, 9.17) is 11.6 Å². The van der Waals surface area contributed by atoms with Crippen molar-refractivity contribution in [3.63, 3.8) is 0 Å². The Morgan fingerprint density at radius 3 is 2.43 bits per heavy atom. The first-order valence-electron chi connectivity index (χ1n) is 11.2. The van der Waals surface area contributed by atoms with Crippen LogP contribution < -0.4 is 10.6 Å². The summed E-state index contributed by atoms with van der Waals surface area (Å²) in [6.07, 6.45) is 3.29. The lowest BCUT2D eigenvalue weighted by Crippen LogP contribution is -2.43. The van der Waals surface area contributed by atoms with E-state index in [0.717, 1.165) is 42.6 Å². The SMILES string of the molecule is CN1CCN(Cc2ccc(Nc3ncc(Cl)c(Nc4ccccc4S(=O)(=O)N(C)C)n3)nc2)CC1. The van der Waals surface area contributed by atoms with Crippen LogP contribution in [0.15, 0.2) is 53.7 Å². The molecule has 1 aliphatic rings. The summed E-state index contributed by atoms with van der Waals surface area (Å²) in [7, 11) is 1.44. The van der Waals surface area contributed by atoms with Gasteiger partial charge in [-0.15, -0.1) is 0 Å². The number of aromatic nitrogens is 3. The van der Waals surface area contributed by atoms with Gasteiger partial charge < -0.3 is 15.5 Å². The first-order valence-corrected chi connectivity index (χ1v) is 13.0. The zero-order valence-corrected chi connectivity index (χ0v) is 21.5. The van der Waals surface area contributed by atoms with E-state index in [1.807, 2.05) is 18.3 Å². The van der Waals surface area contributed by atoms with Crippen molar-refractivity contribution < 1.29 is 8.42 Å². The average Bonchev–Trinajstić information content (AvgIpc) is 2.84. The Balaban J connectivity index is 1.47. The first-order chi connectivity index (χ1) is 16.7. The van der Waals surface area contributed by atoms with Gasteiger partial charge in [-0.05, 0) is 30.8 Å². The van der Waals surface area contributed by atoms with E-state index in [0.29, 0.717) is 11.5 Å². The Kier molecular flexibility index (Phi) is 7.82. The summed E-state index contributed by atoms with van der Waals surface area (Å²) in [5, 5.41) is 6.36. The van der Waals surface area contributed by atoms with Crippen LogP contribution in [0.25, 0.3) is 0 Å². The molecule has 0 amide bonds. The van der Waals surface area contributed by atoms with Crippen LogP contribution in [0.1, 0.15) is 5.56 Å². The summed E-state index contributed by atoms with van der Waals surface area (Å²) in [6, 6.07) is 10.5. The van der Waals surface area contributed by atoms with Crippen molar-refractivity contribution in [2.75, 3.05) is 58.0 Å². The van der Waals surface area contributed by atoms with E-state index in [1.165, 1.54) is 26.4 Å². The van der Waals surface area contributed by atoms with Crippen molar-refractivity contribution in [3.8, 4) is 0 Å². The molecule has 3 heterocycles. The Bertz CT molecular complexity index is 1260. The summed E-state index contributed by atoms with van der Waals surface area (Å²) in [5.41, 5.74) is 1.50. The number of anilines is 4. The average molecular weight is 517 g/mol. The standard InChI is InChI=1S/C23H29ClN8O2S/c1-30(2)35(33,34)20-7-5-4-6-19(20)27-22-18(24)15-26-23(29-22)28-21-9-8-17(14-25-21)16-32-12-10-31(3)11-13-32/h4-9,14-15H,10-13,16H2,1-3H3,(H2,25,26,27,28,29). The van der Waals surface area contributed by atoms with Crippen molar-refractivity contribution in [1.82, 2.24) is 29.1 Å². The zero-order valence-electron chi connectivity index (χ0n) is 19.9. The Labute approximate surface area is 211 Å². The zero-order chi connectivity index (χ0) is 25.0. The molecule has 1 fully saturated rings. The Morgan fingerprint density at radius 1 is 1.00 bits per heavy atom. The Hall–Kier alpha value is -2.83. The van der Waals surface area contributed by atoms with Gasteiger partial charge in [-0.1, -0.05) is 29.8 Å². The highest BCUT2D eigenvalue weighted by atomic mass is 35.5. The van der Waals surface area contributed by atoms with Crippen LogP contribution in [-0.4, -0.2) is 84.8 Å². The number of rotatable bonds is 8. The summed E-state index contributed by atoms with van der Waals surface area (Å²) < 4.78 is 26.6. The second-order valence-corrected chi connectivity index (χ2v) is 11.1. The fourth-order valence-corrected chi connectivity index (χ4v) is 4.78. The number of likely N-dealkylation sites (N-methyl/N-ethyl adjacent to an activating group) is 1. The fourth-order valence-electron chi connectivity index (χ4n) is 3.60. The molecule has 1 saturated heterocycles. The van der Waals surface area contributed by atoms with Gasteiger partial charge >= 0.3 is 0 Å². The van der Waals surface area contributed by atoms with Gasteiger partial charge in [0, 0.05) is 53.0 Å². The van der Waals surface area contributed by atoms with Gasteiger partial charge in [0.1, 0.15) is 15.7 Å². The van der Waals surface area contributed by atoms with Crippen LogP contribution in [0.4, 0.5) is 23.3 Å². The number of hydrogen-bond acceptors (Lipinski definition) is 9. The molecule has 0 atom stereocenters. The second kappa shape index (κ2) is 10.8. The number of piperazine rings is 1. The number of nitrogens with one attached hydrogen (secondary N) is 2. The molecule has 35 heavy (non-hydrogen) atoms. The molecule has 186 valence electrons. The largest absolute Gasteiger partial charge is 0.338 e. The predicted molar refractivity (Wildman–Crippen MR) is 138 cm³/mol. The minimum atomic E-state index is -3.66. The molecule has 3 aromatic rings. The van der Waals surface area contributed by atoms with Gasteiger partial charge in [0.05, 0.1) is 11.9 Å². The van der Waals surface area contributed by atoms with Gasteiger partial charge in [-0.25, -0.2) is 22.7 Å². The molecule has 0 saturated carbocycles. The third-order valence-electron chi connectivity index (χ3n) is 5.71. The summed E-state index contributed by atoms with van der Waals surface area (Å²) in [4.78, 5) is 18.0. The van der Waals surface area contributed by atoms with Crippen LogP contribution in [0, 0.1) is 0 Å². The van der Waals surface area contributed by atoms with Gasteiger partial charge in [0.2, 0.25) is 16.0 Å². The van der Waals surface area contributed by atoms with Crippen molar-refractivity contribution in [1.29, 1.82) is 0 Å². The molecule has 1 aromatic carbocycles. The van der Waals surface area contributed by atoms with Crippen molar-refractivity contribution >= 4 is 44.9 Å². The Morgan fingerprint density at radius 2 is 1.74 bits per heavy atom. The number of hydrogen-bond donors (Lipinski definition) is 2. The smallest absolute Gasteiger partial charge is 0.244 e. The molecule has 1 aliphatic heterocycles. The minimum absolute atomic E-state index is 0.117. The van der Waals surface area contributed by atoms with Crippen LogP contribution in [0.2, 0.25) is 5.02 Å². The highest BCUT2D eigenvalue weighted by Crippen LogP contribution is 2.29. The lowest BCUT2D eigenvalue weighted by Gasteiger charge is -2.32. The summed E-state index contributed by atoms with van der Waals surface area (Å²) in [5.74, 6) is 1.15. The van der Waals surface area contributed by atoms with Crippen molar-refractivity contribution in [2.24, 2.45) is 0 Å². The lowest BCUT2D eigenvalue weighted by atomic mass is 10.2. The molecule has 10 nitrogen and oxygen atoms in total. The van der Waals surface area contributed by atoms with Gasteiger partial charge in [0.15, 0.2) is 5.82 Å². The molecular formula is C23H29ClN8O2S. The summed E-state index contributed by atoms with van der Waals surface area (Å²) >= 11 is 6.30. The third kappa shape index (κ3) is 6.24. The fraction of sp³-hybridized carbons (Fsp3) is 0.348. The minimum Gasteiger partial charge on any atom is -0.338 e. The molecule has 2 N–H and O–H groups in total. The van der Waals surface area contributed by atoms with E-state index in [1.54, 1.807) is 18.2 Å². The molecule has 0 bridgehead atoms. The van der Waals surface area contributed by atoms with Crippen LogP contribution in [0.3, 0.4) is 0 Å². The quantitative estimate of drug-likeness (QED) is 0.467. The first kappa shape index (κ1) is 25.3. The third-order valence-corrected chi connectivity index (χ3v) is 7.86. The maximum absolute atomic E-state index is 12.7. The molecule has 0 spiro atoms. The highest BCUT2D eigenvalue weighted by molar-refractivity contribution is 7.89. The summed E-state index contributed by atoms with van der Waals surface area (Å²) in [6.45, 7) is 5.10. The van der Waals surface area contributed by atoms with Crippen LogP contribution in [0.5, 0.6) is 0 Å². The van der Waals surface area contributed by atoms with E-state index in [-0.39, 0.29) is 21.7 Å². The molecule has 2 aromatic heterocycles. The number of pyridine rings is 1. The normalized spacial score (nSPS) is 15.3. The van der Waals surface area contributed by atoms with Crippen LogP contribution in [-0.2, 0) is 16.6 Å². The predicted octanol–water partition coefficient (Wildman–Crippen LogP) is 3.01. The molecule has 4 rings (SSSR count). The van der Waals surface area contributed by atoms with Gasteiger partial charge in [-0.2, -0.15) is 4.98 Å². The molecule has 12 heteroatoms. The number of benzene rings is 1. The van der Waals surface area contributed by atoms with Gasteiger partial charge in [-0.3, -0.25) is 4.90 Å². The topological polar surface area (TPSA) is 107 Å². The molecule has 0 radical (unpaired) electrons. The molecule has 0 unspecified atom stereocenters. The highest BCUT2D eigenvalue weighted by Gasteiger charge is 2.22. The van der Waals surface area contributed by atoms with Crippen molar-refractivity contribution in [2.45, 2.75) is 11.4 Å². The molecule has 0 aliphatic carbocycles. The van der Waals surface area contributed by atoms with Gasteiger partial charge in [0.25, 0.3) is 0 Å². The van der Waals surface area contributed by atoms with Crippen LogP contribution >= 0.6 is 11.6 Å². The number of sulfonamides is 1. The maximum Gasteiger partial charge on any atom is 0.244 e. The van der Waals surface area contributed by atoms with E-state index in [9.17, 15) is 8.42 Å².